The fourth-order valence-electron chi connectivity index (χ4n) is 3.81. The Balaban J connectivity index is 1.25. The molecule has 0 bridgehead atoms. The van der Waals surface area contributed by atoms with Gasteiger partial charge in [-0.3, -0.25) is 9.53 Å². The van der Waals surface area contributed by atoms with Gasteiger partial charge in [0.25, 0.3) is 11.8 Å². The Kier molecular flexibility index (Phi) is 7.34. The van der Waals surface area contributed by atoms with E-state index in [9.17, 15) is 39.9 Å². The van der Waals surface area contributed by atoms with Crippen LogP contribution in [0, 0.1) is 0 Å². The molecule has 4 rings (SSSR count). The summed E-state index contributed by atoms with van der Waals surface area (Å²) in [5.41, 5.74) is -0.918. The summed E-state index contributed by atoms with van der Waals surface area (Å²) in [6, 6.07) is 1.75. The molecule has 1 N–H and O–H groups in total. The highest BCUT2D eigenvalue weighted by Crippen LogP contribution is 2.43. The summed E-state index contributed by atoms with van der Waals surface area (Å²) in [4.78, 5) is 12.1. The lowest BCUT2D eigenvalue weighted by molar-refractivity contribution is -0.352. The van der Waals surface area contributed by atoms with E-state index in [4.69, 9.17) is 13.9 Å². The lowest BCUT2D eigenvalue weighted by atomic mass is 9.82. The average Bonchev–Trinajstić information content (AvgIpc) is 3.24. The van der Waals surface area contributed by atoms with Gasteiger partial charge >= 0.3 is 12.5 Å². The number of rotatable bonds is 7. The van der Waals surface area contributed by atoms with E-state index in [-0.39, 0.29) is 30.4 Å². The van der Waals surface area contributed by atoms with Crippen LogP contribution in [0.15, 0.2) is 28.7 Å². The molecule has 0 radical (unpaired) electrons. The van der Waals surface area contributed by atoms with Gasteiger partial charge in [-0.2, -0.15) is 13.2 Å². The molecule has 16 heteroatoms. The summed E-state index contributed by atoms with van der Waals surface area (Å²) in [7, 11) is 0. The van der Waals surface area contributed by atoms with Crippen molar-refractivity contribution < 1.29 is 58.5 Å². The van der Waals surface area contributed by atoms with E-state index in [1.807, 2.05) is 0 Å². The molecule has 2 aliphatic rings. The van der Waals surface area contributed by atoms with Crippen LogP contribution in [0.5, 0.6) is 5.75 Å². The molecule has 2 heterocycles. The Morgan fingerprint density at radius 2 is 1.70 bits per heavy atom. The Morgan fingerprint density at radius 1 is 1.05 bits per heavy atom. The minimum atomic E-state index is -4.77. The van der Waals surface area contributed by atoms with Crippen LogP contribution >= 0.6 is 0 Å². The normalized spacial score (nSPS) is 25.8. The molecule has 204 valence electrons. The molecule has 1 aliphatic heterocycles. The quantitative estimate of drug-likeness (QED) is 0.511. The van der Waals surface area contributed by atoms with Crippen LogP contribution in [0.3, 0.4) is 0 Å². The first-order valence-corrected chi connectivity index (χ1v) is 10.9. The van der Waals surface area contributed by atoms with Crippen molar-refractivity contribution in [2.75, 3.05) is 13.2 Å². The van der Waals surface area contributed by atoms with Crippen molar-refractivity contribution in [1.82, 2.24) is 15.5 Å². The van der Waals surface area contributed by atoms with Crippen LogP contribution in [0.2, 0.25) is 0 Å². The van der Waals surface area contributed by atoms with Crippen molar-refractivity contribution in [2.24, 2.45) is 0 Å². The summed E-state index contributed by atoms with van der Waals surface area (Å²) in [6.45, 7) is -1.36. The van der Waals surface area contributed by atoms with E-state index < -0.39 is 73.7 Å². The number of hydrogen-bond donors (Lipinski definition) is 1. The molecule has 8 nitrogen and oxygen atoms in total. The summed E-state index contributed by atoms with van der Waals surface area (Å²) in [6.07, 6.45) is -12.6. The molecule has 0 spiro atoms. The third-order valence-corrected chi connectivity index (χ3v) is 5.79. The Bertz CT molecular complexity index is 1080. The first-order valence-electron chi connectivity index (χ1n) is 10.9. The first-order chi connectivity index (χ1) is 17.2. The van der Waals surface area contributed by atoms with Crippen LogP contribution in [0.25, 0.3) is 0 Å². The third kappa shape index (κ3) is 6.85. The van der Waals surface area contributed by atoms with Crippen molar-refractivity contribution in [3.05, 3.63) is 41.6 Å². The van der Waals surface area contributed by atoms with E-state index in [0.29, 0.717) is 0 Å². The Labute approximate surface area is 203 Å². The van der Waals surface area contributed by atoms with Gasteiger partial charge in [-0.15, -0.1) is 23.4 Å². The number of amides is 1. The first kappa shape index (κ1) is 27.0. The summed E-state index contributed by atoms with van der Waals surface area (Å²) >= 11 is 0. The topological polar surface area (TPSA) is 95.7 Å². The summed E-state index contributed by atoms with van der Waals surface area (Å²) in [5.74, 6) is -5.28. The molecule has 2 aromatic rings. The number of aromatic nitrogens is 2. The van der Waals surface area contributed by atoms with Crippen LogP contribution in [0.1, 0.15) is 48.6 Å². The van der Waals surface area contributed by atoms with Crippen molar-refractivity contribution >= 4 is 5.91 Å². The maximum atomic E-state index is 14.7. The van der Waals surface area contributed by atoms with E-state index in [0.717, 1.165) is 24.3 Å². The number of carbonyl (C=O) groups is 1. The molecule has 0 unspecified atom stereocenters. The van der Waals surface area contributed by atoms with Crippen molar-refractivity contribution in [3.63, 3.8) is 0 Å². The largest absolute Gasteiger partial charge is 0.522 e. The number of alkyl halides is 8. The van der Waals surface area contributed by atoms with E-state index in [1.54, 1.807) is 0 Å². The number of ether oxygens (including phenoxy) is 3. The van der Waals surface area contributed by atoms with Crippen LogP contribution in [-0.4, -0.2) is 53.7 Å². The minimum Gasteiger partial charge on any atom is -0.484 e. The van der Waals surface area contributed by atoms with Gasteiger partial charge < -0.3 is 19.2 Å². The monoisotopic (exact) mass is 545 g/mol. The van der Waals surface area contributed by atoms with Gasteiger partial charge in [0.05, 0.1) is 18.3 Å². The molecule has 1 amide bonds. The fraction of sp³-hybridized carbons (Fsp3) is 0.571. The van der Waals surface area contributed by atoms with Crippen molar-refractivity contribution in [3.8, 4) is 5.75 Å². The standard InChI is InChI=1S/C21H19F8N3O5/c22-19(23)7-14(18-32-31-17(36-18)10-5-13(6-10)37-21(27,28)29)35-8-15(19)30-16(33)9-34-12-3-1-11(2-4-12)20(24,25)26/h1-4,10,13-15H,5-9H2,(H,30,33)/t10-,13+,14-,15-/m0/s1. The number of nitrogens with zero attached hydrogens (tertiary/aromatic N) is 2. The van der Waals surface area contributed by atoms with Gasteiger partial charge in [-0.1, -0.05) is 0 Å². The zero-order chi connectivity index (χ0) is 27.0. The minimum absolute atomic E-state index is 0.0141. The van der Waals surface area contributed by atoms with Gasteiger partial charge in [0, 0.05) is 12.3 Å². The highest BCUT2D eigenvalue weighted by Gasteiger charge is 2.49. The second-order valence-electron chi connectivity index (χ2n) is 8.55. The smallest absolute Gasteiger partial charge is 0.484 e. The molecular formula is C21H19F8N3O5. The van der Waals surface area contributed by atoms with Gasteiger partial charge in [-0.25, -0.2) is 8.78 Å². The Hall–Kier alpha value is -3.01. The van der Waals surface area contributed by atoms with Crippen LogP contribution in [-0.2, 0) is 20.4 Å². The highest BCUT2D eigenvalue weighted by atomic mass is 19.4. The second kappa shape index (κ2) is 10.0. The number of benzene rings is 1. The maximum Gasteiger partial charge on any atom is 0.522 e. The molecule has 1 saturated heterocycles. The maximum absolute atomic E-state index is 14.7. The Morgan fingerprint density at radius 3 is 2.30 bits per heavy atom. The van der Waals surface area contributed by atoms with Gasteiger partial charge in [0.15, 0.2) is 6.61 Å². The number of nitrogens with one attached hydrogen (secondary N) is 1. The van der Waals surface area contributed by atoms with E-state index in [1.165, 1.54) is 0 Å². The zero-order valence-electron chi connectivity index (χ0n) is 18.6. The van der Waals surface area contributed by atoms with Crippen molar-refractivity contribution in [1.29, 1.82) is 0 Å². The molecular weight excluding hydrogens is 526 g/mol. The molecule has 2 fully saturated rings. The average molecular weight is 545 g/mol. The lowest BCUT2D eigenvalue weighted by Gasteiger charge is -2.35. The molecule has 1 aliphatic carbocycles. The number of hydrogen-bond acceptors (Lipinski definition) is 7. The van der Waals surface area contributed by atoms with E-state index in [2.05, 4.69) is 20.3 Å². The van der Waals surface area contributed by atoms with Crippen LogP contribution < -0.4 is 10.1 Å². The molecule has 37 heavy (non-hydrogen) atoms. The second-order valence-corrected chi connectivity index (χ2v) is 8.55. The van der Waals surface area contributed by atoms with Crippen molar-refractivity contribution in [2.45, 2.75) is 61.9 Å². The van der Waals surface area contributed by atoms with Gasteiger partial charge in [0.1, 0.15) is 17.9 Å². The predicted molar refractivity (Wildman–Crippen MR) is 104 cm³/mol. The van der Waals surface area contributed by atoms with Gasteiger partial charge in [0.2, 0.25) is 11.8 Å². The summed E-state index contributed by atoms with van der Waals surface area (Å²) < 4.78 is 123. The SMILES string of the molecule is O=C(COc1ccc(C(F)(F)F)cc1)N[C@H]1CO[C@H](c2nnc([C@H]3C[C@@H](OC(F)(F)F)C3)o2)CC1(F)F. The lowest BCUT2D eigenvalue weighted by Crippen LogP contribution is -2.55. The molecule has 2 atom stereocenters. The molecule has 1 aromatic carbocycles. The van der Waals surface area contributed by atoms with Gasteiger partial charge in [-0.05, 0) is 37.1 Å². The third-order valence-electron chi connectivity index (χ3n) is 5.79. The van der Waals surface area contributed by atoms with Crippen LogP contribution in [0.4, 0.5) is 35.1 Å². The van der Waals surface area contributed by atoms with E-state index >= 15 is 0 Å². The molecule has 1 aromatic heterocycles. The highest BCUT2D eigenvalue weighted by molar-refractivity contribution is 5.78. The number of halogens is 8. The fourth-order valence-corrected chi connectivity index (χ4v) is 3.81. The predicted octanol–water partition coefficient (Wildman–Crippen LogP) is 4.53. The molecule has 1 saturated carbocycles. The zero-order valence-corrected chi connectivity index (χ0v) is 18.6. The summed E-state index contributed by atoms with van der Waals surface area (Å²) in [5, 5.41) is 9.43. The number of carbonyl (C=O) groups excluding carboxylic acids is 1.